The van der Waals surface area contributed by atoms with Crippen molar-refractivity contribution in [2.45, 2.75) is 63.7 Å². The van der Waals surface area contributed by atoms with Gasteiger partial charge in [0, 0.05) is 6.10 Å². The molecule has 2 nitrogen and oxygen atoms in total. The van der Waals surface area contributed by atoms with E-state index in [0.717, 1.165) is 25.7 Å². The van der Waals surface area contributed by atoms with E-state index in [9.17, 15) is 5.11 Å². The number of hydrogen-bond acceptors (Lipinski definition) is 2. The van der Waals surface area contributed by atoms with E-state index in [1.165, 1.54) is 10.4 Å². The molecule has 1 N–H and O–H groups in total. The fourth-order valence-corrected chi connectivity index (χ4v) is 8.90. The largest absolute Gasteiger partial charge is 0.404 e. The van der Waals surface area contributed by atoms with Crippen molar-refractivity contribution in [3.05, 3.63) is 60.7 Å². The van der Waals surface area contributed by atoms with Crippen LogP contribution in [0.2, 0.25) is 5.04 Å². The van der Waals surface area contributed by atoms with Crippen LogP contribution in [-0.2, 0) is 4.43 Å². The van der Waals surface area contributed by atoms with E-state index >= 15 is 0 Å². The quantitative estimate of drug-likeness (QED) is 0.845. The number of aliphatic hydroxyl groups is 1. The summed E-state index contributed by atoms with van der Waals surface area (Å²) in [6.45, 7) is 6.91. The molecule has 0 aromatic heterocycles. The molecule has 3 rings (SSSR count). The molecule has 25 heavy (non-hydrogen) atoms. The van der Waals surface area contributed by atoms with E-state index in [1.807, 2.05) is 0 Å². The van der Waals surface area contributed by atoms with Crippen LogP contribution in [0, 0.1) is 0 Å². The minimum Gasteiger partial charge on any atom is -0.404 e. The highest BCUT2D eigenvalue weighted by Gasteiger charge is 2.51. The first-order chi connectivity index (χ1) is 11.9. The van der Waals surface area contributed by atoms with Crippen LogP contribution in [0.1, 0.15) is 46.5 Å². The topological polar surface area (TPSA) is 29.5 Å². The third-order valence-electron chi connectivity index (χ3n) is 5.36. The summed E-state index contributed by atoms with van der Waals surface area (Å²) in [4.78, 5) is 0. The molecular formula is C22H30O2Si. The lowest BCUT2D eigenvalue weighted by atomic mass is 9.95. The molecule has 1 aliphatic carbocycles. The minimum absolute atomic E-state index is 0.00188. The average Bonchev–Trinajstić information content (AvgIpc) is 2.60. The monoisotopic (exact) mass is 354 g/mol. The first-order valence-corrected chi connectivity index (χ1v) is 11.3. The average molecular weight is 355 g/mol. The molecule has 2 aromatic rings. The molecule has 134 valence electrons. The van der Waals surface area contributed by atoms with Crippen LogP contribution >= 0.6 is 0 Å². The van der Waals surface area contributed by atoms with Gasteiger partial charge in [0.05, 0.1) is 6.10 Å². The standard InChI is InChI=1S/C22H30O2Si/c1-22(2,3)25(20-13-6-4-7-14-20,21-15-8-5-9-16-21)24-19-12-10-11-18(23)17-19/h4-9,13-16,18-19,23H,10-12,17H2,1-3H3. The highest BCUT2D eigenvalue weighted by atomic mass is 28.4. The highest BCUT2D eigenvalue weighted by Crippen LogP contribution is 2.39. The van der Waals surface area contributed by atoms with Crippen molar-refractivity contribution >= 4 is 18.7 Å². The summed E-state index contributed by atoms with van der Waals surface area (Å²) < 4.78 is 7.06. The molecule has 2 unspecified atom stereocenters. The Balaban J connectivity index is 2.12. The lowest BCUT2D eigenvalue weighted by molar-refractivity contribution is 0.0486. The molecule has 0 bridgehead atoms. The van der Waals surface area contributed by atoms with Gasteiger partial charge in [-0.25, -0.2) is 0 Å². The van der Waals surface area contributed by atoms with Crippen molar-refractivity contribution < 1.29 is 9.53 Å². The molecular weight excluding hydrogens is 324 g/mol. The Hall–Kier alpha value is -1.42. The zero-order valence-corrected chi connectivity index (χ0v) is 16.6. The van der Waals surface area contributed by atoms with Gasteiger partial charge in [0.15, 0.2) is 0 Å². The molecule has 0 spiro atoms. The second-order valence-electron chi connectivity index (χ2n) is 8.22. The van der Waals surface area contributed by atoms with Crippen LogP contribution in [0.5, 0.6) is 0 Å². The van der Waals surface area contributed by atoms with E-state index in [2.05, 4.69) is 81.4 Å². The third kappa shape index (κ3) is 3.74. The van der Waals surface area contributed by atoms with E-state index < -0.39 is 8.32 Å². The van der Waals surface area contributed by atoms with Gasteiger partial charge in [0.25, 0.3) is 8.32 Å². The van der Waals surface area contributed by atoms with Crippen molar-refractivity contribution in [2.75, 3.05) is 0 Å². The Morgan fingerprint density at radius 3 is 1.84 bits per heavy atom. The van der Waals surface area contributed by atoms with Crippen molar-refractivity contribution in [2.24, 2.45) is 0 Å². The molecule has 0 heterocycles. The molecule has 3 heteroatoms. The summed E-state index contributed by atoms with van der Waals surface area (Å²) in [6, 6.07) is 21.5. The van der Waals surface area contributed by atoms with Gasteiger partial charge >= 0.3 is 0 Å². The van der Waals surface area contributed by atoms with Crippen LogP contribution in [0.25, 0.3) is 0 Å². The maximum absolute atomic E-state index is 10.2. The number of rotatable bonds is 4. The Bertz CT molecular complexity index is 624. The summed E-state index contributed by atoms with van der Waals surface area (Å²) in [5.74, 6) is 0. The Morgan fingerprint density at radius 1 is 0.880 bits per heavy atom. The van der Waals surface area contributed by atoms with Gasteiger partial charge < -0.3 is 9.53 Å². The summed E-state index contributed by atoms with van der Waals surface area (Å²) in [5.41, 5.74) is 0. The van der Waals surface area contributed by atoms with Gasteiger partial charge in [-0.2, -0.15) is 0 Å². The zero-order chi connectivity index (χ0) is 17.9. The van der Waals surface area contributed by atoms with Crippen LogP contribution in [0.4, 0.5) is 0 Å². The van der Waals surface area contributed by atoms with Gasteiger partial charge in [-0.15, -0.1) is 0 Å². The van der Waals surface area contributed by atoms with Crippen LogP contribution < -0.4 is 10.4 Å². The maximum atomic E-state index is 10.2. The molecule has 0 aliphatic heterocycles. The smallest absolute Gasteiger partial charge is 0.261 e. The third-order valence-corrected chi connectivity index (χ3v) is 10.5. The predicted octanol–water partition coefficient (Wildman–Crippen LogP) is 3.87. The summed E-state index contributed by atoms with van der Waals surface area (Å²) in [6.07, 6.45) is 3.66. The van der Waals surface area contributed by atoms with Gasteiger partial charge in [0.2, 0.25) is 0 Å². The molecule has 0 amide bonds. The van der Waals surface area contributed by atoms with Crippen LogP contribution in [-0.4, -0.2) is 25.6 Å². The van der Waals surface area contributed by atoms with Gasteiger partial charge in [-0.05, 0) is 41.1 Å². The maximum Gasteiger partial charge on any atom is 0.261 e. The minimum atomic E-state index is -2.48. The highest BCUT2D eigenvalue weighted by molar-refractivity contribution is 6.99. The number of hydrogen-bond donors (Lipinski definition) is 1. The first-order valence-electron chi connectivity index (χ1n) is 9.40. The molecule has 1 saturated carbocycles. The predicted molar refractivity (Wildman–Crippen MR) is 107 cm³/mol. The normalized spacial score (nSPS) is 21.9. The lowest BCUT2D eigenvalue weighted by Gasteiger charge is -2.46. The Labute approximate surface area is 153 Å². The summed E-state index contributed by atoms with van der Waals surface area (Å²) in [5, 5.41) is 12.8. The van der Waals surface area contributed by atoms with E-state index in [0.29, 0.717) is 0 Å². The number of benzene rings is 2. The second-order valence-corrected chi connectivity index (χ2v) is 12.5. The Morgan fingerprint density at radius 2 is 1.40 bits per heavy atom. The molecule has 0 radical (unpaired) electrons. The van der Waals surface area contributed by atoms with Crippen LogP contribution in [0.15, 0.2) is 60.7 Å². The fourth-order valence-electron chi connectivity index (χ4n) is 4.17. The van der Waals surface area contributed by atoms with Gasteiger partial charge in [0.1, 0.15) is 0 Å². The summed E-state index contributed by atoms with van der Waals surface area (Å²) >= 11 is 0. The summed E-state index contributed by atoms with van der Waals surface area (Å²) in [7, 11) is -2.48. The SMILES string of the molecule is CC(C)(C)[Si](OC1CCCC(O)C1)(c1ccccc1)c1ccccc1. The van der Waals surface area contributed by atoms with Gasteiger partial charge in [-0.1, -0.05) is 81.4 Å². The molecule has 2 atom stereocenters. The molecule has 2 aromatic carbocycles. The molecule has 1 aliphatic rings. The van der Waals surface area contributed by atoms with Crippen molar-refractivity contribution in [1.82, 2.24) is 0 Å². The lowest BCUT2D eigenvalue weighted by Crippen LogP contribution is -2.68. The fraction of sp³-hybridized carbons (Fsp3) is 0.455. The number of aliphatic hydroxyl groups excluding tert-OH is 1. The van der Waals surface area contributed by atoms with E-state index in [4.69, 9.17) is 4.43 Å². The van der Waals surface area contributed by atoms with Crippen molar-refractivity contribution in [3.8, 4) is 0 Å². The van der Waals surface area contributed by atoms with Crippen molar-refractivity contribution in [3.63, 3.8) is 0 Å². The molecule has 0 saturated heterocycles. The van der Waals surface area contributed by atoms with Gasteiger partial charge in [-0.3, -0.25) is 0 Å². The van der Waals surface area contributed by atoms with Crippen LogP contribution in [0.3, 0.4) is 0 Å². The van der Waals surface area contributed by atoms with E-state index in [-0.39, 0.29) is 17.2 Å². The second kappa shape index (κ2) is 7.44. The van der Waals surface area contributed by atoms with E-state index in [1.54, 1.807) is 0 Å². The zero-order valence-electron chi connectivity index (χ0n) is 15.6. The van der Waals surface area contributed by atoms with Crippen molar-refractivity contribution in [1.29, 1.82) is 0 Å². The first kappa shape index (κ1) is 18.4. The Kier molecular flexibility index (Phi) is 5.47. The molecule has 1 fully saturated rings.